The molecular formula is C7H4BF3. The summed E-state index contributed by atoms with van der Waals surface area (Å²) in [6.45, 7) is 0. The number of hydrogen-bond donors (Lipinski definition) is 0. The van der Waals surface area contributed by atoms with Gasteiger partial charge < -0.3 is 0 Å². The Bertz CT molecular complexity index is 273. The van der Waals surface area contributed by atoms with Gasteiger partial charge in [-0.2, -0.15) is 0 Å². The first-order valence-corrected chi connectivity index (χ1v) is 2.99. The fourth-order valence-electron chi connectivity index (χ4n) is 0.724. The zero-order valence-electron chi connectivity index (χ0n) is 5.57. The van der Waals surface area contributed by atoms with E-state index >= 15 is 0 Å². The molecule has 2 radical (unpaired) electrons. The van der Waals surface area contributed by atoms with Crippen molar-refractivity contribution < 1.29 is 13.2 Å². The number of rotatable bonds is 1. The molecule has 0 saturated heterocycles. The van der Waals surface area contributed by atoms with Crippen molar-refractivity contribution in [2.24, 2.45) is 0 Å². The van der Waals surface area contributed by atoms with E-state index in [9.17, 15) is 13.2 Å². The van der Waals surface area contributed by atoms with Crippen molar-refractivity contribution in [3.8, 4) is 0 Å². The van der Waals surface area contributed by atoms with Gasteiger partial charge in [0.15, 0.2) is 17.5 Å². The van der Waals surface area contributed by atoms with E-state index in [1.807, 2.05) is 0 Å². The van der Waals surface area contributed by atoms with Crippen LogP contribution in [-0.2, 0) is 6.32 Å². The second-order valence-corrected chi connectivity index (χ2v) is 2.04. The van der Waals surface area contributed by atoms with Gasteiger partial charge in [0, 0.05) is 0 Å². The highest BCUT2D eigenvalue weighted by Crippen LogP contribution is 2.14. The Kier molecular flexibility index (Phi) is 2.22. The van der Waals surface area contributed by atoms with Gasteiger partial charge >= 0.3 is 0 Å². The predicted molar refractivity (Wildman–Crippen MR) is 35.8 cm³/mol. The maximum Gasteiger partial charge on any atom is 0.194 e. The maximum absolute atomic E-state index is 12.6. The molecule has 0 spiro atoms. The van der Waals surface area contributed by atoms with Crippen LogP contribution in [0.4, 0.5) is 13.2 Å². The maximum atomic E-state index is 12.6. The van der Waals surface area contributed by atoms with Crippen molar-refractivity contribution in [1.29, 1.82) is 0 Å². The fourth-order valence-corrected chi connectivity index (χ4v) is 0.724. The van der Waals surface area contributed by atoms with Crippen molar-refractivity contribution in [3.63, 3.8) is 0 Å². The molecule has 1 aromatic carbocycles. The lowest BCUT2D eigenvalue weighted by Gasteiger charge is -1.99. The van der Waals surface area contributed by atoms with E-state index in [2.05, 4.69) is 0 Å². The van der Waals surface area contributed by atoms with Crippen LogP contribution in [0.5, 0.6) is 0 Å². The Balaban J connectivity index is 3.25. The predicted octanol–water partition coefficient (Wildman–Crippen LogP) is 1.77. The summed E-state index contributed by atoms with van der Waals surface area (Å²) in [4.78, 5) is 0. The highest BCUT2D eigenvalue weighted by Gasteiger charge is 2.10. The summed E-state index contributed by atoms with van der Waals surface area (Å²) in [5.74, 6) is -3.86. The van der Waals surface area contributed by atoms with Crippen LogP contribution in [0.1, 0.15) is 5.56 Å². The Morgan fingerprint density at radius 3 is 2.27 bits per heavy atom. The molecule has 0 fully saturated rings. The third kappa shape index (κ3) is 1.39. The summed E-state index contributed by atoms with van der Waals surface area (Å²) in [6.07, 6.45) is -0.136. The monoisotopic (exact) mass is 156 g/mol. The van der Waals surface area contributed by atoms with E-state index < -0.39 is 17.5 Å². The van der Waals surface area contributed by atoms with Crippen molar-refractivity contribution in [2.45, 2.75) is 6.32 Å². The molecule has 0 nitrogen and oxygen atoms in total. The molecule has 0 aliphatic carbocycles. The van der Waals surface area contributed by atoms with Crippen LogP contribution >= 0.6 is 0 Å². The third-order valence-electron chi connectivity index (χ3n) is 1.34. The lowest BCUT2D eigenvalue weighted by molar-refractivity contribution is 0.443. The van der Waals surface area contributed by atoms with E-state index in [1.165, 1.54) is 0 Å². The van der Waals surface area contributed by atoms with Crippen molar-refractivity contribution >= 4 is 7.85 Å². The molecule has 56 valence electrons. The second kappa shape index (κ2) is 2.99. The highest BCUT2D eigenvalue weighted by atomic mass is 19.2. The summed E-state index contributed by atoms with van der Waals surface area (Å²) >= 11 is 0. The first kappa shape index (κ1) is 8.17. The Hall–Kier alpha value is -0.925. The van der Waals surface area contributed by atoms with E-state index in [0.29, 0.717) is 0 Å². The van der Waals surface area contributed by atoms with Gasteiger partial charge in [-0.3, -0.25) is 0 Å². The molecule has 0 aromatic heterocycles. The van der Waals surface area contributed by atoms with Crippen LogP contribution in [0.2, 0.25) is 0 Å². The lowest BCUT2D eigenvalue weighted by atomic mass is 9.96. The summed E-state index contributed by atoms with van der Waals surface area (Å²) < 4.78 is 37.2. The molecule has 0 amide bonds. The average Bonchev–Trinajstić information content (AvgIpc) is 2.01. The van der Waals surface area contributed by atoms with Crippen LogP contribution in [0.15, 0.2) is 12.1 Å². The molecule has 0 atom stereocenters. The van der Waals surface area contributed by atoms with E-state index in [0.717, 1.165) is 12.1 Å². The molecule has 1 aromatic rings. The highest BCUT2D eigenvalue weighted by molar-refractivity contribution is 6.08. The topological polar surface area (TPSA) is 0 Å². The largest absolute Gasteiger partial charge is 0.204 e. The van der Waals surface area contributed by atoms with E-state index in [4.69, 9.17) is 7.85 Å². The van der Waals surface area contributed by atoms with Gasteiger partial charge in [0.05, 0.1) is 7.85 Å². The fraction of sp³-hybridized carbons (Fsp3) is 0.143. The van der Waals surface area contributed by atoms with Gasteiger partial charge in [0.1, 0.15) is 0 Å². The smallest absolute Gasteiger partial charge is 0.194 e. The van der Waals surface area contributed by atoms with E-state index in [-0.39, 0.29) is 11.9 Å². The lowest BCUT2D eigenvalue weighted by Crippen LogP contribution is -1.97. The number of benzene rings is 1. The van der Waals surface area contributed by atoms with E-state index in [1.54, 1.807) is 0 Å². The van der Waals surface area contributed by atoms with Crippen LogP contribution in [0, 0.1) is 17.5 Å². The molecule has 4 heteroatoms. The minimum Gasteiger partial charge on any atom is -0.204 e. The zero-order chi connectivity index (χ0) is 8.43. The molecule has 0 N–H and O–H groups in total. The standard InChI is InChI=1S/C7H4BF3/c8-3-4-1-2-5(9)7(11)6(4)10/h1-2H,3H2. The van der Waals surface area contributed by atoms with Gasteiger partial charge in [-0.25, -0.2) is 13.2 Å². The molecule has 1 rings (SSSR count). The minimum absolute atomic E-state index is 0.0242. The summed E-state index contributed by atoms with van der Waals surface area (Å²) in [6, 6.07) is 1.97. The molecule has 0 aliphatic rings. The Morgan fingerprint density at radius 2 is 1.73 bits per heavy atom. The van der Waals surface area contributed by atoms with Crippen molar-refractivity contribution in [2.75, 3.05) is 0 Å². The molecule has 0 unspecified atom stereocenters. The zero-order valence-corrected chi connectivity index (χ0v) is 5.57. The number of halogens is 3. The first-order valence-electron chi connectivity index (χ1n) is 2.99. The van der Waals surface area contributed by atoms with Crippen LogP contribution in [0.25, 0.3) is 0 Å². The Labute approximate surface area is 63.4 Å². The molecule has 0 bridgehead atoms. The van der Waals surface area contributed by atoms with Gasteiger partial charge in [0.2, 0.25) is 0 Å². The SMILES string of the molecule is [B]Cc1ccc(F)c(F)c1F. The first-order chi connectivity index (χ1) is 5.16. The average molecular weight is 156 g/mol. The summed E-state index contributed by atoms with van der Waals surface area (Å²) in [5, 5.41) is 0. The van der Waals surface area contributed by atoms with Crippen LogP contribution in [-0.4, -0.2) is 7.85 Å². The second-order valence-electron chi connectivity index (χ2n) is 2.04. The molecular weight excluding hydrogens is 152 g/mol. The molecule has 0 aliphatic heterocycles. The summed E-state index contributed by atoms with van der Waals surface area (Å²) in [7, 11) is 5.04. The van der Waals surface area contributed by atoms with Crippen LogP contribution < -0.4 is 0 Å². The Morgan fingerprint density at radius 1 is 1.09 bits per heavy atom. The normalized spacial score (nSPS) is 10.1. The van der Waals surface area contributed by atoms with Crippen molar-refractivity contribution in [3.05, 3.63) is 35.1 Å². The summed E-state index contributed by atoms with van der Waals surface area (Å²) in [5.41, 5.74) is -0.0242. The van der Waals surface area contributed by atoms with Gasteiger partial charge in [0.25, 0.3) is 0 Å². The minimum atomic E-state index is -1.46. The van der Waals surface area contributed by atoms with Crippen LogP contribution in [0.3, 0.4) is 0 Å². The third-order valence-corrected chi connectivity index (χ3v) is 1.34. The molecule has 0 heterocycles. The number of hydrogen-bond acceptors (Lipinski definition) is 0. The van der Waals surface area contributed by atoms with Crippen molar-refractivity contribution in [1.82, 2.24) is 0 Å². The molecule has 11 heavy (non-hydrogen) atoms. The van der Waals surface area contributed by atoms with Gasteiger partial charge in [-0.15, -0.1) is 0 Å². The molecule has 0 saturated carbocycles. The van der Waals surface area contributed by atoms with Gasteiger partial charge in [-0.1, -0.05) is 12.4 Å². The quantitative estimate of drug-likeness (QED) is 0.429. The van der Waals surface area contributed by atoms with Gasteiger partial charge in [-0.05, 0) is 11.6 Å².